The van der Waals surface area contributed by atoms with Crippen LogP contribution >= 0.6 is 0 Å². The molecule has 0 fully saturated rings. The Morgan fingerprint density at radius 2 is 1.56 bits per heavy atom. The van der Waals surface area contributed by atoms with Crippen molar-refractivity contribution in [1.82, 2.24) is 10.2 Å². The average Bonchev–Trinajstić information content (AvgIpc) is 2.93. The molecule has 0 aliphatic rings. The molecule has 0 saturated carbocycles. The van der Waals surface area contributed by atoms with Gasteiger partial charge in [0.25, 0.3) is 10.0 Å². The third kappa shape index (κ3) is 8.00. The lowest BCUT2D eigenvalue weighted by atomic mass is 10.1. The number of methoxy groups -OCH3 is 2. The van der Waals surface area contributed by atoms with Gasteiger partial charge < -0.3 is 19.7 Å². The molecule has 10 heteroatoms. The van der Waals surface area contributed by atoms with Crippen LogP contribution in [0, 0.1) is 6.92 Å². The number of sulfonamides is 1. The number of nitrogens with one attached hydrogen (secondary N) is 1. The number of aryl methyl sites for hydroxylation is 1. The number of nitrogens with zero attached hydrogens (tertiary/aromatic N) is 2. The van der Waals surface area contributed by atoms with E-state index in [9.17, 15) is 18.0 Å². The van der Waals surface area contributed by atoms with Crippen LogP contribution in [0.2, 0.25) is 0 Å². The lowest BCUT2D eigenvalue weighted by Crippen LogP contribution is -2.54. The van der Waals surface area contributed by atoms with Crippen molar-refractivity contribution in [1.29, 1.82) is 0 Å². The maximum Gasteiger partial charge on any atom is 0.264 e. The number of hydrogen-bond donors (Lipinski definition) is 1. The highest BCUT2D eigenvalue weighted by atomic mass is 32.2. The van der Waals surface area contributed by atoms with Crippen molar-refractivity contribution < 1.29 is 27.5 Å². The van der Waals surface area contributed by atoms with E-state index in [0.29, 0.717) is 5.75 Å². The van der Waals surface area contributed by atoms with Gasteiger partial charge in [-0.25, -0.2) is 8.42 Å². The standard InChI is InChI=1S/C31H39N3O6S/c1-22-13-16-26(17-14-22)41(37,38)34(27-19-25(39-6)15-18-28(27)40-7)21-29(35)33(20-24-11-9-8-10-12-24)23(2)30(36)32-31(3,4)5/h8-19,23H,20-21H2,1-7H3,(H,32,36)/t23-/m1/s1. The molecule has 3 aromatic carbocycles. The molecule has 1 atom stereocenters. The largest absolute Gasteiger partial charge is 0.497 e. The van der Waals surface area contributed by atoms with Crippen LogP contribution in [0.15, 0.2) is 77.7 Å². The van der Waals surface area contributed by atoms with Gasteiger partial charge in [0.2, 0.25) is 11.8 Å². The second-order valence-electron chi connectivity index (χ2n) is 10.8. The van der Waals surface area contributed by atoms with Crippen LogP contribution in [0.5, 0.6) is 11.5 Å². The Hall–Kier alpha value is -4.05. The molecule has 0 aliphatic heterocycles. The molecule has 220 valence electrons. The van der Waals surface area contributed by atoms with Gasteiger partial charge in [-0.3, -0.25) is 13.9 Å². The Bertz CT molecular complexity index is 1450. The first-order valence-corrected chi connectivity index (χ1v) is 14.7. The quantitative estimate of drug-likeness (QED) is 0.357. The first-order chi connectivity index (χ1) is 19.3. The van der Waals surface area contributed by atoms with E-state index >= 15 is 0 Å². The minimum atomic E-state index is -4.25. The van der Waals surface area contributed by atoms with Gasteiger partial charge in [-0.2, -0.15) is 0 Å². The maximum atomic E-state index is 14.1. The number of carbonyl (C=O) groups excluding carboxylic acids is 2. The number of carbonyl (C=O) groups is 2. The fourth-order valence-corrected chi connectivity index (χ4v) is 5.60. The van der Waals surface area contributed by atoms with Crippen molar-refractivity contribution in [2.75, 3.05) is 25.1 Å². The van der Waals surface area contributed by atoms with E-state index in [-0.39, 0.29) is 28.8 Å². The Balaban J connectivity index is 2.12. The van der Waals surface area contributed by atoms with Crippen LogP contribution in [0.25, 0.3) is 0 Å². The molecule has 3 aromatic rings. The molecule has 0 aromatic heterocycles. The highest BCUT2D eigenvalue weighted by Gasteiger charge is 2.34. The Morgan fingerprint density at radius 1 is 0.927 bits per heavy atom. The Labute approximate surface area is 243 Å². The van der Waals surface area contributed by atoms with Crippen LogP contribution in [0.4, 0.5) is 5.69 Å². The number of amides is 2. The van der Waals surface area contributed by atoms with Gasteiger partial charge in [0.15, 0.2) is 0 Å². The van der Waals surface area contributed by atoms with E-state index in [1.807, 2.05) is 58.0 Å². The van der Waals surface area contributed by atoms with Gasteiger partial charge in [0, 0.05) is 18.2 Å². The van der Waals surface area contributed by atoms with Gasteiger partial charge in [0.1, 0.15) is 24.1 Å². The highest BCUT2D eigenvalue weighted by Crippen LogP contribution is 2.36. The fourth-order valence-electron chi connectivity index (χ4n) is 4.18. The van der Waals surface area contributed by atoms with Gasteiger partial charge in [-0.1, -0.05) is 48.0 Å². The monoisotopic (exact) mass is 581 g/mol. The summed E-state index contributed by atoms with van der Waals surface area (Å²) in [6, 6.07) is 19.4. The zero-order valence-electron chi connectivity index (χ0n) is 24.7. The molecule has 0 saturated heterocycles. The lowest BCUT2D eigenvalue weighted by Gasteiger charge is -2.33. The van der Waals surface area contributed by atoms with Crippen molar-refractivity contribution in [2.45, 2.75) is 57.6 Å². The summed E-state index contributed by atoms with van der Waals surface area (Å²) in [4.78, 5) is 28.7. The fraction of sp³-hybridized carbons (Fsp3) is 0.355. The van der Waals surface area contributed by atoms with Gasteiger partial charge in [-0.05, 0) is 64.4 Å². The molecule has 0 bridgehead atoms. The van der Waals surface area contributed by atoms with E-state index in [1.54, 1.807) is 31.2 Å². The Morgan fingerprint density at radius 3 is 2.12 bits per heavy atom. The number of ether oxygens (including phenoxy) is 2. The first kappa shape index (κ1) is 31.5. The summed E-state index contributed by atoms with van der Waals surface area (Å²) < 4.78 is 40.1. The molecule has 0 aliphatic carbocycles. The van der Waals surface area contributed by atoms with Crippen LogP contribution in [0.3, 0.4) is 0 Å². The molecular formula is C31H39N3O6S. The molecule has 0 unspecified atom stereocenters. The normalized spacial score (nSPS) is 12.3. The number of hydrogen-bond acceptors (Lipinski definition) is 6. The Kier molecular flexibility index (Phi) is 10.0. The van der Waals surface area contributed by atoms with E-state index in [1.165, 1.54) is 37.3 Å². The summed E-state index contributed by atoms with van der Waals surface area (Å²) in [5.74, 6) is -0.293. The zero-order chi connectivity index (χ0) is 30.4. The van der Waals surface area contributed by atoms with E-state index in [0.717, 1.165) is 15.4 Å². The molecule has 1 N–H and O–H groups in total. The van der Waals surface area contributed by atoms with Gasteiger partial charge >= 0.3 is 0 Å². The lowest BCUT2D eigenvalue weighted by molar-refractivity contribution is -0.140. The van der Waals surface area contributed by atoms with E-state index < -0.39 is 34.1 Å². The summed E-state index contributed by atoms with van der Waals surface area (Å²) in [7, 11) is -1.37. The predicted molar refractivity (Wildman–Crippen MR) is 160 cm³/mol. The SMILES string of the molecule is COc1ccc(OC)c(N(CC(=O)N(Cc2ccccc2)[C@H](C)C(=O)NC(C)(C)C)S(=O)(=O)c2ccc(C)cc2)c1. The first-order valence-electron chi connectivity index (χ1n) is 13.2. The average molecular weight is 582 g/mol. The van der Waals surface area contributed by atoms with E-state index in [2.05, 4.69) is 5.32 Å². The van der Waals surface area contributed by atoms with Gasteiger partial charge in [-0.15, -0.1) is 0 Å². The van der Waals surface area contributed by atoms with Gasteiger partial charge in [0.05, 0.1) is 24.8 Å². The topological polar surface area (TPSA) is 105 Å². The minimum absolute atomic E-state index is 0.00825. The summed E-state index contributed by atoms with van der Waals surface area (Å²) >= 11 is 0. The number of anilines is 1. The van der Waals surface area contributed by atoms with Crippen molar-refractivity contribution in [3.05, 3.63) is 83.9 Å². The van der Waals surface area contributed by atoms with E-state index in [4.69, 9.17) is 9.47 Å². The van der Waals surface area contributed by atoms with Crippen molar-refractivity contribution in [3.8, 4) is 11.5 Å². The van der Waals surface area contributed by atoms with Crippen LogP contribution in [-0.4, -0.2) is 57.5 Å². The molecule has 41 heavy (non-hydrogen) atoms. The smallest absolute Gasteiger partial charge is 0.264 e. The molecular weight excluding hydrogens is 542 g/mol. The number of rotatable bonds is 11. The molecule has 3 rings (SSSR count). The molecule has 9 nitrogen and oxygen atoms in total. The van der Waals surface area contributed by atoms with Crippen LogP contribution in [-0.2, 0) is 26.2 Å². The molecule has 0 spiro atoms. The summed E-state index contributed by atoms with van der Waals surface area (Å²) in [5.41, 5.74) is 1.29. The van der Waals surface area contributed by atoms with Crippen LogP contribution in [0.1, 0.15) is 38.8 Å². The predicted octanol–water partition coefficient (Wildman–Crippen LogP) is 4.54. The highest BCUT2D eigenvalue weighted by molar-refractivity contribution is 7.92. The summed E-state index contributed by atoms with van der Waals surface area (Å²) in [6.07, 6.45) is 0. The third-order valence-corrected chi connectivity index (χ3v) is 8.18. The minimum Gasteiger partial charge on any atom is -0.497 e. The second-order valence-corrected chi connectivity index (χ2v) is 12.6. The number of benzene rings is 3. The van der Waals surface area contributed by atoms with Crippen molar-refractivity contribution in [3.63, 3.8) is 0 Å². The molecule has 0 heterocycles. The van der Waals surface area contributed by atoms with Crippen molar-refractivity contribution in [2.24, 2.45) is 0 Å². The zero-order valence-corrected chi connectivity index (χ0v) is 25.5. The van der Waals surface area contributed by atoms with Crippen LogP contribution < -0.4 is 19.1 Å². The third-order valence-electron chi connectivity index (χ3n) is 6.40. The second kappa shape index (κ2) is 13.1. The summed E-state index contributed by atoms with van der Waals surface area (Å²) in [6.45, 7) is 8.57. The molecule has 2 amide bonds. The molecule has 0 radical (unpaired) electrons. The van der Waals surface area contributed by atoms with Crippen molar-refractivity contribution >= 4 is 27.5 Å². The maximum absolute atomic E-state index is 14.1. The summed E-state index contributed by atoms with van der Waals surface area (Å²) in [5, 5.41) is 2.92.